The van der Waals surface area contributed by atoms with Gasteiger partial charge in [-0.3, -0.25) is 9.69 Å². The first-order valence-electron chi connectivity index (χ1n) is 7.80. The van der Waals surface area contributed by atoms with E-state index in [0.29, 0.717) is 36.5 Å². The number of aliphatic hydroxyl groups is 1. The average molecular weight is 334 g/mol. The van der Waals surface area contributed by atoms with Gasteiger partial charge in [-0.1, -0.05) is 12.1 Å². The molecule has 1 aliphatic rings. The monoisotopic (exact) mass is 334 g/mol. The fraction of sp³-hybridized carbons (Fsp3) is 0.412. The molecule has 128 valence electrons. The lowest BCUT2D eigenvalue weighted by molar-refractivity contribution is -0.149. The number of halogens is 1. The van der Waals surface area contributed by atoms with Crippen molar-refractivity contribution in [3.8, 4) is 11.5 Å². The molecule has 2 heterocycles. The zero-order chi connectivity index (χ0) is 17.3. The first kappa shape index (κ1) is 16.6. The van der Waals surface area contributed by atoms with Gasteiger partial charge >= 0.3 is 5.97 Å². The number of oxazole rings is 1. The first-order valence-corrected chi connectivity index (χ1v) is 7.80. The van der Waals surface area contributed by atoms with Crippen molar-refractivity contribution >= 4 is 5.97 Å². The van der Waals surface area contributed by atoms with Crippen LogP contribution in [0.15, 0.2) is 28.7 Å². The highest BCUT2D eigenvalue weighted by molar-refractivity contribution is 5.71. The minimum atomic E-state index is -1.00. The molecule has 0 spiro atoms. The van der Waals surface area contributed by atoms with Gasteiger partial charge in [-0.15, -0.1) is 0 Å². The first-order chi connectivity index (χ1) is 11.5. The van der Waals surface area contributed by atoms with E-state index in [1.165, 1.54) is 6.07 Å². The number of piperidine rings is 1. The molecule has 1 aromatic heterocycles. The predicted octanol–water partition coefficient (Wildman–Crippen LogP) is 2.06. The van der Waals surface area contributed by atoms with Crippen molar-refractivity contribution in [2.45, 2.75) is 26.0 Å². The second-order valence-corrected chi connectivity index (χ2v) is 6.04. The van der Waals surface area contributed by atoms with Crippen LogP contribution in [-0.4, -0.2) is 45.3 Å². The van der Waals surface area contributed by atoms with Gasteiger partial charge in [-0.25, -0.2) is 9.37 Å². The second-order valence-electron chi connectivity index (χ2n) is 6.04. The molecule has 0 bridgehead atoms. The number of aliphatic carboxylic acids is 1. The van der Waals surface area contributed by atoms with Gasteiger partial charge in [0.2, 0.25) is 5.89 Å². The quantitative estimate of drug-likeness (QED) is 0.890. The van der Waals surface area contributed by atoms with Crippen LogP contribution in [0.1, 0.15) is 17.9 Å². The Morgan fingerprint density at radius 1 is 1.46 bits per heavy atom. The zero-order valence-electron chi connectivity index (χ0n) is 13.3. The summed E-state index contributed by atoms with van der Waals surface area (Å²) in [6.45, 7) is 2.98. The van der Waals surface area contributed by atoms with Crippen molar-refractivity contribution < 1.29 is 23.8 Å². The predicted molar refractivity (Wildman–Crippen MR) is 83.7 cm³/mol. The van der Waals surface area contributed by atoms with Crippen molar-refractivity contribution in [2.75, 3.05) is 13.1 Å². The molecule has 0 aliphatic carbocycles. The molecule has 1 fully saturated rings. The van der Waals surface area contributed by atoms with Crippen LogP contribution in [0.2, 0.25) is 0 Å². The Morgan fingerprint density at radius 3 is 2.92 bits per heavy atom. The normalized spacial score (nSPS) is 21.8. The van der Waals surface area contributed by atoms with Crippen LogP contribution < -0.4 is 0 Å². The van der Waals surface area contributed by atoms with Crippen LogP contribution in [0.25, 0.3) is 11.5 Å². The van der Waals surface area contributed by atoms with E-state index in [0.717, 1.165) is 0 Å². The summed E-state index contributed by atoms with van der Waals surface area (Å²) in [6, 6.07) is 6.25. The number of aliphatic hydroxyl groups excluding tert-OH is 1. The van der Waals surface area contributed by atoms with Crippen molar-refractivity contribution in [1.29, 1.82) is 0 Å². The fourth-order valence-corrected chi connectivity index (χ4v) is 2.93. The lowest BCUT2D eigenvalue weighted by Crippen LogP contribution is -2.46. The van der Waals surface area contributed by atoms with Crippen molar-refractivity contribution in [3.63, 3.8) is 0 Å². The molecule has 1 aliphatic heterocycles. The molecule has 0 saturated carbocycles. The third-order valence-corrected chi connectivity index (χ3v) is 4.35. The molecule has 1 aromatic carbocycles. The highest BCUT2D eigenvalue weighted by Gasteiger charge is 2.33. The van der Waals surface area contributed by atoms with Crippen molar-refractivity contribution in [1.82, 2.24) is 9.88 Å². The average Bonchev–Trinajstić information content (AvgIpc) is 2.90. The van der Waals surface area contributed by atoms with Crippen LogP contribution in [0, 0.1) is 18.7 Å². The minimum Gasteiger partial charge on any atom is -0.481 e. The number of nitrogens with zero attached hydrogens (tertiary/aromatic N) is 2. The number of benzene rings is 1. The van der Waals surface area contributed by atoms with Crippen LogP contribution in [-0.2, 0) is 11.3 Å². The number of carboxylic acids is 1. The molecular weight excluding hydrogens is 315 g/mol. The van der Waals surface area contributed by atoms with Gasteiger partial charge in [0.1, 0.15) is 11.6 Å². The summed E-state index contributed by atoms with van der Waals surface area (Å²) >= 11 is 0. The number of aromatic nitrogens is 1. The SMILES string of the molecule is Cc1oc(-c2ccccc2F)nc1CN1CC[C@H](O)[C@H](C(=O)O)C1. The molecule has 1 saturated heterocycles. The second kappa shape index (κ2) is 6.70. The Hall–Kier alpha value is -2.25. The Labute approximate surface area is 138 Å². The molecule has 6 nitrogen and oxygen atoms in total. The Balaban J connectivity index is 1.77. The Bertz CT molecular complexity index is 746. The van der Waals surface area contributed by atoms with Crippen LogP contribution >= 0.6 is 0 Å². The lowest BCUT2D eigenvalue weighted by Gasteiger charge is -2.33. The topological polar surface area (TPSA) is 86.8 Å². The standard InChI is InChI=1S/C17H19FN2O4/c1-10-14(9-20-7-6-15(21)12(8-20)17(22)23)19-16(24-10)11-4-2-3-5-13(11)18/h2-5,12,15,21H,6-9H2,1H3,(H,22,23)/t12-,15+/m1/s1. The zero-order valence-corrected chi connectivity index (χ0v) is 13.3. The third kappa shape index (κ3) is 3.32. The third-order valence-electron chi connectivity index (χ3n) is 4.35. The maximum Gasteiger partial charge on any atom is 0.310 e. The lowest BCUT2D eigenvalue weighted by atomic mass is 9.95. The summed E-state index contributed by atoms with van der Waals surface area (Å²) < 4.78 is 19.4. The number of hydrogen-bond donors (Lipinski definition) is 2. The Morgan fingerprint density at radius 2 is 2.21 bits per heavy atom. The number of rotatable bonds is 4. The van der Waals surface area contributed by atoms with E-state index in [1.807, 2.05) is 4.90 Å². The number of hydrogen-bond acceptors (Lipinski definition) is 5. The molecule has 2 N–H and O–H groups in total. The van der Waals surface area contributed by atoms with Gasteiger partial charge in [0.05, 0.1) is 23.3 Å². The number of carboxylic acid groups (broad SMARTS) is 1. The molecule has 7 heteroatoms. The summed E-state index contributed by atoms with van der Waals surface area (Å²) in [6.07, 6.45) is -0.431. The van der Waals surface area contributed by atoms with Crippen LogP contribution in [0.4, 0.5) is 4.39 Å². The smallest absolute Gasteiger partial charge is 0.310 e. The van der Waals surface area contributed by atoms with Gasteiger partial charge in [0, 0.05) is 19.6 Å². The maximum absolute atomic E-state index is 13.9. The summed E-state index contributed by atoms with van der Waals surface area (Å²) in [5.74, 6) is -1.43. The molecule has 0 radical (unpaired) electrons. The summed E-state index contributed by atoms with van der Waals surface area (Å²) in [7, 11) is 0. The van der Waals surface area contributed by atoms with Gasteiger partial charge in [-0.05, 0) is 25.5 Å². The van der Waals surface area contributed by atoms with Gasteiger partial charge < -0.3 is 14.6 Å². The molecule has 0 amide bonds. The Kier molecular flexibility index (Phi) is 4.64. The highest BCUT2D eigenvalue weighted by atomic mass is 19.1. The van der Waals surface area contributed by atoms with Crippen LogP contribution in [0.3, 0.4) is 0 Å². The van der Waals surface area contributed by atoms with E-state index in [2.05, 4.69) is 4.98 Å². The molecule has 0 unspecified atom stereocenters. The van der Waals surface area contributed by atoms with Crippen LogP contribution in [0.5, 0.6) is 0 Å². The van der Waals surface area contributed by atoms with E-state index in [9.17, 15) is 14.3 Å². The largest absolute Gasteiger partial charge is 0.481 e. The number of aryl methyl sites for hydroxylation is 1. The molecule has 2 aromatic rings. The molecule has 2 atom stereocenters. The summed E-state index contributed by atoms with van der Waals surface area (Å²) in [5.41, 5.74) is 0.943. The van der Waals surface area contributed by atoms with Gasteiger partial charge in [0.25, 0.3) is 0 Å². The van der Waals surface area contributed by atoms with E-state index in [4.69, 9.17) is 9.52 Å². The van der Waals surface area contributed by atoms with Crippen molar-refractivity contribution in [2.24, 2.45) is 5.92 Å². The number of likely N-dealkylation sites (tertiary alicyclic amines) is 1. The summed E-state index contributed by atoms with van der Waals surface area (Å²) in [5, 5.41) is 18.9. The van der Waals surface area contributed by atoms with Crippen molar-refractivity contribution in [3.05, 3.63) is 41.5 Å². The highest BCUT2D eigenvalue weighted by Crippen LogP contribution is 2.26. The summed E-state index contributed by atoms with van der Waals surface area (Å²) in [4.78, 5) is 17.5. The maximum atomic E-state index is 13.9. The minimum absolute atomic E-state index is 0.215. The van der Waals surface area contributed by atoms with Gasteiger partial charge in [-0.2, -0.15) is 0 Å². The van der Waals surface area contributed by atoms with E-state index < -0.39 is 23.8 Å². The van der Waals surface area contributed by atoms with E-state index in [1.54, 1.807) is 25.1 Å². The number of carbonyl (C=O) groups is 1. The molecule has 3 rings (SSSR count). The molecular formula is C17H19FN2O4. The van der Waals surface area contributed by atoms with Gasteiger partial charge in [0.15, 0.2) is 0 Å². The van der Waals surface area contributed by atoms with E-state index >= 15 is 0 Å². The van der Waals surface area contributed by atoms with E-state index in [-0.39, 0.29) is 12.4 Å². The fourth-order valence-electron chi connectivity index (χ4n) is 2.93. The molecule has 24 heavy (non-hydrogen) atoms.